The lowest BCUT2D eigenvalue weighted by atomic mass is 9.50. The third-order valence-electron chi connectivity index (χ3n) is 5.42. The smallest absolute Gasteiger partial charge is 0.0426 e. The van der Waals surface area contributed by atoms with Gasteiger partial charge in [-0.05, 0) is 75.5 Å². The molecule has 0 radical (unpaired) electrons. The van der Waals surface area contributed by atoms with Crippen LogP contribution in [-0.2, 0) is 0 Å². The summed E-state index contributed by atoms with van der Waals surface area (Å²) in [5.41, 5.74) is 4.48. The van der Waals surface area contributed by atoms with Crippen molar-refractivity contribution in [2.45, 2.75) is 52.0 Å². The van der Waals surface area contributed by atoms with Gasteiger partial charge in [0.2, 0.25) is 0 Å². The molecule has 0 spiro atoms. The van der Waals surface area contributed by atoms with Gasteiger partial charge >= 0.3 is 0 Å². The monoisotopic (exact) mass is 234 g/mol. The molecule has 1 atom stereocenters. The maximum atomic E-state index is 5.81. The largest absolute Gasteiger partial charge is 0.271 e. The molecule has 0 saturated heterocycles. The average molecular weight is 234 g/mol. The quantitative estimate of drug-likeness (QED) is 0.448. The Kier molecular flexibility index (Phi) is 3.04. The van der Waals surface area contributed by atoms with E-state index in [9.17, 15) is 0 Å². The average Bonchev–Trinajstić information content (AvgIpc) is 2.25. The minimum absolute atomic E-state index is 0.412. The summed E-state index contributed by atoms with van der Waals surface area (Å²) in [5, 5.41) is 0. The molecule has 0 aromatic rings. The van der Waals surface area contributed by atoms with Crippen LogP contribution in [0.15, 0.2) is 11.6 Å². The van der Waals surface area contributed by atoms with Gasteiger partial charge in [0, 0.05) is 6.04 Å². The molecule has 3 N–H and O–H groups in total. The van der Waals surface area contributed by atoms with E-state index in [1.807, 2.05) is 0 Å². The number of hydrazine groups is 1. The SMILES string of the molecule is CC(C)=CC(NN)C1C2CC3CC(C2)CC1C3. The van der Waals surface area contributed by atoms with Gasteiger partial charge in [-0.3, -0.25) is 11.3 Å². The van der Waals surface area contributed by atoms with E-state index in [4.69, 9.17) is 5.84 Å². The Hall–Kier alpha value is -0.340. The van der Waals surface area contributed by atoms with Crippen molar-refractivity contribution in [3.8, 4) is 0 Å². The number of hydrogen-bond acceptors (Lipinski definition) is 2. The third kappa shape index (κ3) is 2.06. The van der Waals surface area contributed by atoms with E-state index in [1.165, 1.54) is 37.7 Å². The van der Waals surface area contributed by atoms with Crippen LogP contribution < -0.4 is 11.3 Å². The van der Waals surface area contributed by atoms with Crippen molar-refractivity contribution in [3.63, 3.8) is 0 Å². The number of nitrogens with one attached hydrogen (secondary N) is 1. The van der Waals surface area contributed by atoms with Gasteiger partial charge in [-0.25, -0.2) is 0 Å². The predicted molar refractivity (Wildman–Crippen MR) is 71.1 cm³/mol. The summed E-state index contributed by atoms with van der Waals surface area (Å²) >= 11 is 0. The number of rotatable bonds is 3. The van der Waals surface area contributed by atoms with Gasteiger partial charge < -0.3 is 0 Å². The van der Waals surface area contributed by atoms with E-state index in [1.54, 1.807) is 0 Å². The summed E-state index contributed by atoms with van der Waals surface area (Å²) in [6.45, 7) is 4.36. The van der Waals surface area contributed by atoms with Crippen LogP contribution in [0.3, 0.4) is 0 Å². The molecule has 4 saturated carbocycles. The molecule has 2 nitrogen and oxygen atoms in total. The van der Waals surface area contributed by atoms with Crippen molar-refractivity contribution in [2.24, 2.45) is 35.4 Å². The standard InChI is InChI=1S/C15H26N2/c1-9(2)3-14(17-16)15-12-5-10-4-11(7-12)8-13(15)6-10/h3,10-15,17H,4-8,16H2,1-2H3. The van der Waals surface area contributed by atoms with E-state index in [2.05, 4.69) is 25.3 Å². The molecule has 96 valence electrons. The molecule has 1 unspecified atom stereocenters. The van der Waals surface area contributed by atoms with E-state index >= 15 is 0 Å². The second-order valence-electron chi connectivity index (χ2n) is 6.94. The van der Waals surface area contributed by atoms with Gasteiger partial charge in [-0.2, -0.15) is 0 Å². The van der Waals surface area contributed by atoms with Gasteiger partial charge in [0.1, 0.15) is 0 Å². The molecular formula is C15H26N2. The first-order valence-corrected chi connectivity index (χ1v) is 7.28. The fourth-order valence-electron chi connectivity index (χ4n) is 5.18. The van der Waals surface area contributed by atoms with Crippen molar-refractivity contribution in [3.05, 3.63) is 11.6 Å². The summed E-state index contributed by atoms with van der Waals surface area (Å²) in [6.07, 6.45) is 9.80. The van der Waals surface area contributed by atoms with Gasteiger partial charge in [0.25, 0.3) is 0 Å². The van der Waals surface area contributed by atoms with Crippen LogP contribution in [-0.4, -0.2) is 6.04 Å². The first kappa shape index (κ1) is 11.7. The molecule has 2 heteroatoms. The Balaban J connectivity index is 1.81. The number of allylic oxidation sites excluding steroid dienone is 1. The Labute approximate surface area is 105 Å². The van der Waals surface area contributed by atoms with Crippen LogP contribution in [0.5, 0.6) is 0 Å². The molecule has 4 aliphatic carbocycles. The molecule has 4 aliphatic rings. The Morgan fingerprint density at radius 2 is 1.59 bits per heavy atom. The maximum Gasteiger partial charge on any atom is 0.0426 e. The van der Waals surface area contributed by atoms with Crippen molar-refractivity contribution in [2.75, 3.05) is 0 Å². The molecular weight excluding hydrogens is 208 g/mol. The third-order valence-corrected chi connectivity index (χ3v) is 5.42. The maximum absolute atomic E-state index is 5.81. The van der Waals surface area contributed by atoms with E-state index < -0.39 is 0 Å². The van der Waals surface area contributed by atoms with Crippen LogP contribution >= 0.6 is 0 Å². The Morgan fingerprint density at radius 3 is 2.00 bits per heavy atom. The van der Waals surface area contributed by atoms with E-state index in [0.29, 0.717) is 6.04 Å². The first-order chi connectivity index (χ1) is 8.17. The van der Waals surface area contributed by atoms with Crippen molar-refractivity contribution in [1.82, 2.24) is 5.43 Å². The van der Waals surface area contributed by atoms with Crippen molar-refractivity contribution < 1.29 is 0 Å². The molecule has 0 aromatic heterocycles. The normalized spacial score (nSPS) is 44.8. The second kappa shape index (κ2) is 4.40. The zero-order valence-electron chi connectivity index (χ0n) is 11.2. The lowest BCUT2D eigenvalue weighted by Crippen LogP contribution is -2.53. The molecule has 4 bridgehead atoms. The summed E-state index contributed by atoms with van der Waals surface area (Å²) < 4.78 is 0. The van der Waals surface area contributed by atoms with Crippen LogP contribution in [0.25, 0.3) is 0 Å². The van der Waals surface area contributed by atoms with Crippen LogP contribution in [0.2, 0.25) is 0 Å². The fraction of sp³-hybridized carbons (Fsp3) is 0.867. The zero-order chi connectivity index (χ0) is 12.0. The summed E-state index contributed by atoms with van der Waals surface area (Å²) in [4.78, 5) is 0. The number of hydrogen-bond donors (Lipinski definition) is 2. The van der Waals surface area contributed by atoms with Gasteiger partial charge in [-0.15, -0.1) is 0 Å². The van der Waals surface area contributed by atoms with Crippen molar-refractivity contribution >= 4 is 0 Å². The molecule has 0 aromatic carbocycles. The molecule has 17 heavy (non-hydrogen) atoms. The molecule has 4 rings (SSSR count). The minimum Gasteiger partial charge on any atom is -0.271 e. The minimum atomic E-state index is 0.412. The Bertz CT molecular complexity index is 289. The van der Waals surface area contributed by atoms with Crippen LogP contribution in [0.4, 0.5) is 0 Å². The van der Waals surface area contributed by atoms with Gasteiger partial charge in [0.05, 0.1) is 0 Å². The van der Waals surface area contributed by atoms with E-state index in [-0.39, 0.29) is 0 Å². The first-order valence-electron chi connectivity index (χ1n) is 7.28. The topological polar surface area (TPSA) is 38.0 Å². The highest BCUT2D eigenvalue weighted by Gasteiger charge is 2.49. The summed E-state index contributed by atoms with van der Waals surface area (Å²) in [5.74, 6) is 10.6. The van der Waals surface area contributed by atoms with Gasteiger partial charge in [-0.1, -0.05) is 11.6 Å². The van der Waals surface area contributed by atoms with E-state index in [0.717, 1.165) is 29.6 Å². The molecule has 0 amide bonds. The van der Waals surface area contributed by atoms with Crippen LogP contribution in [0.1, 0.15) is 46.0 Å². The Morgan fingerprint density at radius 1 is 1.06 bits per heavy atom. The highest BCUT2D eigenvalue weighted by molar-refractivity contribution is 5.09. The molecule has 0 heterocycles. The molecule has 4 fully saturated rings. The highest BCUT2D eigenvalue weighted by Crippen LogP contribution is 2.57. The van der Waals surface area contributed by atoms with Gasteiger partial charge in [0.15, 0.2) is 0 Å². The highest BCUT2D eigenvalue weighted by atomic mass is 15.2. The lowest BCUT2D eigenvalue weighted by molar-refractivity contribution is -0.0454. The summed E-state index contributed by atoms with van der Waals surface area (Å²) in [7, 11) is 0. The van der Waals surface area contributed by atoms with Crippen LogP contribution in [0, 0.1) is 29.6 Å². The summed E-state index contributed by atoms with van der Waals surface area (Å²) in [6, 6.07) is 0.412. The second-order valence-corrected chi connectivity index (χ2v) is 6.94. The fourth-order valence-corrected chi connectivity index (χ4v) is 5.18. The predicted octanol–water partition coefficient (Wildman–Crippen LogP) is 2.86. The van der Waals surface area contributed by atoms with Crippen molar-refractivity contribution in [1.29, 1.82) is 0 Å². The zero-order valence-corrected chi connectivity index (χ0v) is 11.2. The lowest BCUT2D eigenvalue weighted by Gasteiger charge is -2.56. The molecule has 0 aliphatic heterocycles. The number of nitrogens with two attached hydrogens (primary N) is 1.